The monoisotopic (exact) mass is 114 g/mol. The van der Waals surface area contributed by atoms with Gasteiger partial charge in [0.05, 0.1) is 0 Å². The summed E-state index contributed by atoms with van der Waals surface area (Å²) in [6.07, 6.45) is 4.88. The maximum atomic E-state index is 3.90. The molecular formula is C6H10S. The molecule has 1 rings (SSSR count). The van der Waals surface area contributed by atoms with Gasteiger partial charge in [-0.05, 0) is 29.9 Å². The highest BCUT2D eigenvalue weighted by molar-refractivity contribution is 8.02. The van der Waals surface area contributed by atoms with E-state index in [0.29, 0.717) is 0 Å². The van der Waals surface area contributed by atoms with E-state index in [0.717, 1.165) is 5.92 Å². The smallest absolute Gasteiger partial charge is 0.0108 e. The van der Waals surface area contributed by atoms with Gasteiger partial charge in [-0.3, -0.25) is 0 Å². The summed E-state index contributed by atoms with van der Waals surface area (Å²) in [4.78, 5) is 1.38. The van der Waals surface area contributed by atoms with Crippen molar-refractivity contribution >= 4 is 11.8 Å². The van der Waals surface area contributed by atoms with Crippen LogP contribution >= 0.6 is 11.8 Å². The molecule has 0 aromatic carbocycles. The second kappa shape index (κ2) is 1.91. The SMILES string of the molecule is C=C(SC)C1CC1. The quantitative estimate of drug-likeness (QED) is 0.530. The van der Waals surface area contributed by atoms with Crippen LogP contribution in [0.25, 0.3) is 0 Å². The average Bonchev–Trinajstić information content (AvgIpc) is 2.44. The number of hydrogen-bond acceptors (Lipinski definition) is 1. The first-order chi connectivity index (χ1) is 3.34. The zero-order valence-electron chi connectivity index (χ0n) is 4.61. The van der Waals surface area contributed by atoms with E-state index in [9.17, 15) is 0 Å². The fourth-order valence-electron chi connectivity index (χ4n) is 0.572. The lowest BCUT2D eigenvalue weighted by Gasteiger charge is -1.92. The van der Waals surface area contributed by atoms with Crippen LogP contribution in [0.3, 0.4) is 0 Å². The Morgan fingerprint density at radius 3 is 2.43 bits per heavy atom. The normalized spacial score (nSPS) is 19.6. The van der Waals surface area contributed by atoms with Crippen LogP contribution in [0.15, 0.2) is 11.5 Å². The molecule has 1 saturated carbocycles. The van der Waals surface area contributed by atoms with E-state index in [-0.39, 0.29) is 0 Å². The van der Waals surface area contributed by atoms with Crippen LogP contribution in [0, 0.1) is 5.92 Å². The molecule has 0 N–H and O–H groups in total. The minimum atomic E-state index is 0.884. The third-order valence-electron chi connectivity index (χ3n) is 1.29. The fourth-order valence-corrected chi connectivity index (χ4v) is 1.14. The highest BCUT2D eigenvalue weighted by Gasteiger charge is 2.23. The molecule has 1 fully saturated rings. The summed E-state index contributed by atoms with van der Waals surface area (Å²) in [6.45, 7) is 3.90. The summed E-state index contributed by atoms with van der Waals surface area (Å²) in [5.41, 5.74) is 0. The number of hydrogen-bond donors (Lipinski definition) is 0. The van der Waals surface area contributed by atoms with Crippen LogP contribution in [0.4, 0.5) is 0 Å². The molecule has 0 spiro atoms. The van der Waals surface area contributed by atoms with Gasteiger partial charge < -0.3 is 0 Å². The first-order valence-electron chi connectivity index (χ1n) is 2.57. The van der Waals surface area contributed by atoms with Gasteiger partial charge >= 0.3 is 0 Å². The minimum absolute atomic E-state index is 0.884. The molecule has 1 heteroatoms. The van der Waals surface area contributed by atoms with E-state index < -0.39 is 0 Å². The van der Waals surface area contributed by atoms with Crippen molar-refractivity contribution in [1.82, 2.24) is 0 Å². The Morgan fingerprint density at radius 1 is 1.71 bits per heavy atom. The van der Waals surface area contributed by atoms with Crippen LogP contribution in [-0.2, 0) is 0 Å². The molecule has 0 unspecified atom stereocenters. The van der Waals surface area contributed by atoms with Crippen molar-refractivity contribution in [3.8, 4) is 0 Å². The van der Waals surface area contributed by atoms with Gasteiger partial charge in [0.1, 0.15) is 0 Å². The summed E-state index contributed by atoms with van der Waals surface area (Å²) in [5, 5.41) is 0. The van der Waals surface area contributed by atoms with Crippen LogP contribution < -0.4 is 0 Å². The van der Waals surface area contributed by atoms with Crippen LogP contribution in [0.1, 0.15) is 12.8 Å². The van der Waals surface area contributed by atoms with Crippen molar-refractivity contribution in [2.24, 2.45) is 5.92 Å². The fraction of sp³-hybridized carbons (Fsp3) is 0.667. The zero-order chi connectivity index (χ0) is 5.28. The minimum Gasteiger partial charge on any atom is -0.134 e. The third-order valence-corrected chi connectivity index (χ3v) is 2.15. The van der Waals surface area contributed by atoms with Gasteiger partial charge in [-0.15, -0.1) is 11.8 Å². The molecule has 0 aliphatic heterocycles. The topological polar surface area (TPSA) is 0 Å². The molecule has 0 atom stereocenters. The van der Waals surface area contributed by atoms with Gasteiger partial charge in [0, 0.05) is 0 Å². The van der Waals surface area contributed by atoms with Crippen LogP contribution in [-0.4, -0.2) is 6.26 Å². The molecule has 0 aromatic rings. The van der Waals surface area contributed by atoms with E-state index in [2.05, 4.69) is 12.8 Å². The van der Waals surface area contributed by atoms with E-state index in [1.807, 2.05) is 0 Å². The van der Waals surface area contributed by atoms with E-state index >= 15 is 0 Å². The molecule has 0 saturated heterocycles. The Kier molecular flexibility index (Phi) is 1.43. The van der Waals surface area contributed by atoms with E-state index in [1.54, 1.807) is 11.8 Å². The Hall–Kier alpha value is 0.0900. The largest absolute Gasteiger partial charge is 0.134 e. The Bertz CT molecular complexity index is 82.2. The van der Waals surface area contributed by atoms with Gasteiger partial charge in [-0.25, -0.2) is 0 Å². The first-order valence-corrected chi connectivity index (χ1v) is 3.80. The molecule has 0 heterocycles. The first kappa shape index (κ1) is 5.23. The van der Waals surface area contributed by atoms with Gasteiger partial charge in [0.15, 0.2) is 0 Å². The number of allylic oxidation sites excluding steroid dienone is 1. The summed E-state index contributed by atoms with van der Waals surface area (Å²) in [5.74, 6) is 0.884. The lowest BCUT2D eigenvalue weighted by Crippen LogP contribution is -1.70. The number of thioether (sulfide) groups is 1. The molecule has 0 amide bonds. The third kappa shape index (κ3) is 1.23. The maximum Gasteiger partial charge on any atom is -0.0108 e. The lowest BCUT2D eigenvalue weighted by molar-refractivity contribution is 1.11. The standard InChI is InChI=1S/C6H10S/c1-5(7-2)6-3-4-6/h6H,1,3-4H2,2H3. The highest BCUT2D eigenvalue weighted by atomic mass is 32.2. The molecule has 0 radical (unpaired) electrons. The Morgan fingerprint density at radius 2 is 2.29 bits per heavy atom. The Labute approximate surface area is 49.0 Å². The van der Waals surface area contributed by atoms with Gasteiger partial charge in [-0.2, -0.15) is 0 Å². The molecule has 7 heavy (non-hydrogen) atoms. The molecule has 1 aliphatic rings. The lowest BCUT2D eigenvalue weighted by atomic mass is 10.4. The van der Waals surface area contributed by atoms with Crippen molar-refractivity contribution in [3.63, 3.8) is 0 Å². The van der Waals surface area contributed by atoms with Gasteiger partial charge in [0.2, 0.25) is 0 Å². The van der Waals surface area contributed by atoms with Crippen molar-refractivity contribution in [3.05, 3.63) is 11.5 Å². The zero-order valence-corrected chi connectivity index (χ0v) is 5.42. The second-order valence-corrected chi connectivity index (χ2v) is 2.88. The van der Waals surface area contributed by atoms with E-state index in [1.165, 1.54) is 17.7 Å². The predicted octanol–water partition coefficient (Wildman–Crippen LogP) is 2.27. The molecule has 0 aromatic heterocycles. The van der Waals surface area contributed by atoms with Crippen LogP contribution in [0.2, 0.25) is 0 Å². The van der Waals surface area contributed by atoms with Gasteiger partial charge in [-0.1, -0.05) is 6.58 Å². The summed E-state index contributed by atoms with van der Waals surface area (Å²) in [7, 11) is 0. The molecule has 0 bridgehead atoms. The molecule has 0 nitrogen and oxygen atoms in total. The molecular weight excluding hydrogens is 104 g/mol. The summed E-state index contributed by atoms with van der Waals surface area (Å²) < 4.78 is 0. The number of rotatable bonds is 2. The second-order valence-electron chi connectivity index (χ2n) is 1.94. The van der Waals surface area contributed by atoms with Crippen LogP contribution in [0.5, 0.6) is 0 Å². The Balaban J connectivity index is 2.24. The van der Waals surface area contributed by atoms with Gasteiger partial charge in [0.25, 0.3) is 0 Å². The summed E-state index contributed by atoms with van der Waals surface area (Å²) >= 11 is 1.80. The van der Waals surface area contributed by atoms with Crippen molar-refractivity contribution in [2.45, 2.75) is 12.8 Å². The summed E-state index contributed by atoms with van der Waals surface area (Å²) in [6, 6.07) is 0. The predicted molar refractivity (Wildman–Crippen MR) is 35.4 cm³/mol. The van der Waals surface area contributed by atoms with E-state index in [4.69, 9.17) is 0 Å². The maximum absolute atomic E-state index is 3.90. The molecule has 1 aliphatic carbocycles. The highest BCUT2D eigenvalue weighted by Crippen LogP contribution is 2.39. The van der Waals surface area contributed by atoms with Crippen molar-refractivity contribution in [2.75, 3.05) is 6.26 Å². The average molecular weight is 114 g/mol. The molecule has 40 valence electrons. The van der Waals surface area contributed by atoms with Crippen molar-refractivity contribution in [1.29, 1.82) is 0 Å². The van der Waals surface area contributed by atoms with Crippen molar-refractivity contribution < 1.29 is 0 Å².